The van der Waals surface area contributed by atoms with E-state index in [1.54, 1.807) is 0 Å². The molecule has 1 aliphatic rings. The molecular weight excluding hydrogens is 288 g/mol. The molecule has 0 fully saturated rings. The number of benzene rings is 3. The van der Waals surface area contributed by atoms with Crippen molar-refractivity contribution in [3.8, 4) is 5.75 Å². The smallest absolute Gasteiger partial charge is 0.206 e. The molecule has 22 heavy (non-hydrogen) atoms. The Morgan fingerprint density at radius 3 is 1.86 bits per heavy atom. The number of fused-ring (bicyclic) bond motifs is 1. The van der Waals surface area contributed by atoms with Crippen molar-refractivity contribution in [2.45, 2.75) is 10.7 Å². The maximum absolute atomic E-state index is 6.55. The monoisotopic (exact) mass is 304 g/mol. The number of hydrogen-bond acceptors (Lipinski definition) is 2. The maximum Gasteiger partial charge on any atom is 0.206 e. The highest BCUT2D eigenvalue weighted by Gasteiger charge is 2.40. The van der Waals surface area contributed by atoms with E-state index in [-0.39, 0.29) is 0 Å². The van der Waals surface area contributed by atoms with Gasteiger partial charge in [0.05, 0.1) is 0 Å². The molecule has 2 heteroatoms. The summed E-state index contributed by atoms with van der Waals surface area (Å²) in [5.41, 5.74) is 3.62. The fraction of sp³-hybridized carbons (Fsp3) is 0.100. The Morgan fingerprint density at radius 1 is 0.682 bits per heavy atom. The molecule has 0 saturated heterocycles. The third-order valence-electron chi connectivity index (χ3n) is 3.96. The van der Waals surface area contributed by atoms with Crippen molar-refractivity contribution in [1.82, 2.24) is 0 Å². The normalized spacial score (nSPS) is 15.6. The second-order valence-corrected chi connectivity index (χ2v) is 6.50. The lowest BCUT2D eigenvalue weighted by molar-refractivity contribution is 0.203. The van der Waals surface area contributed by atoms with Crippen molar-refractivity contribution in [3.63, 3.8) is 0 Å². The average Bonchev–Trinajstić information content (AvgIpc) is 2.63. The lowest BCUT2D eigenvalue weighted by Crippen LogP contribution is -2.33. The first-order valence-corrected chi connectivity index (χ1v) is 8.39. The fourth-order valence-corrected chi connectivity index (χ4v) is 4.20. The van der Waals surface area contributed by atoms with Gasteiger partial charge in [0, 0.05) is 22.4 Å². The van der Waals surface area contributed by atoms with Gasteiger partial charge in [-0.2, -0.15) is 0 Å². The van der Waals surface area contributed by atoms with Crippen molar-refractivity contribution >= 4 is 11.8 Å². The zero-order chi connectivity index (χ0) is 14.8. The second-order valence-electron chi connectivity index (χ2n) is 5.35. The molecule has 0 amide bonds. The quantitative estimate of drug-likeness (QED) is 0.642. The lowest BCUT2D eigenvalue weighted by atomic mass is 10.00. The van der Waals surface area contributed by atoms with Crippen molar-refractivity contribution in [2.75, 3.05) is 0 Å². The van der Waals surface area contributed by atoms with E-state index in [1.807, 2.05) is 30.0 Å². The zero-order valence-corrected chi connectivity index (χ0v) is 12.9. The highest BCUT2D eigenvalue weighted by atomic mass is 32.2. The Balaban J connectivity index is 1.89. The molecular formula is C20H16OS. The van der Waals surface area contributed by atoms with Crippen LogP contribution in [0.3, 0.4) is 0 Å². The molecule has 108 valence electrons. The predicted octanol–water partition coefficient (Wildman–Crippen LogP) is 5.21. The molecule has 3 aromatic carbocycles. The van der Waals surface area contributed by atoms with Crippen LogP contribution < -0.4 is 4.74 Å². The summed E-state index contributed by atoms with van der Waals surface area (Å²) >= 11 is 1.84. The number of ether oxygens (including phenoxy) is 1. The molecule has 1 nitrogen and oxygen atoms in total. The van der Waals surface area contributed by atoms with Crippen molar-refractivity contribution in [2.24, 2.45) is 0 Å². The SMILES string of the molecule is c1ccc(C2(c3ccccc3)Oc3ccccc3CS2)cc1. The van der Waals surface area contributed by atoms with Gasteiger partial charge in [-0.25, -0.2) is 0 Å². The van der Waals surface area contributed by atoms with Gasteiger partial charge in [-0.3, -0.25) is 0 Å². The van der Waals surface area contributed by atoms with Crippen LogP contribution >= 0.6 is 11.8 Å². The van der Waals surface area contributed by atoms with Gasteiger partial charge in [0.25, 0.3) is 0 Å². The zero-order valence-electron chi connectivity index (χ0n) is 12.1. The van der Waals surface area contributed by atoms with Crippen LogP contribution in [-0.4, -0.2) is 0 Å². The van der Waals surface area contributed by atoms with E-state index in [0.29, 0.717) is 0 Å². The molecule has 0 aliphatic carbocycles. The second kappa shape index (κ2) is 5.54. The van der Waals surface area contributed by atoms with E-state index in [0.717, 1.165) is 11.5 Å². The molecule has 0 unspecified atom stereocenters. The summed E-state index contributed by atoms with van der Waals surface area (Å²) < 4.78 is 6.55. The number of thioether (sulfide) groups is 1. The highest BCUT2D eigenvalue weighted by molar-refractivity contribution is 7.99. The molecule has 1 heterocycles. The molecule has 0 N–H and O–H groups in total. The van der Waals surface area contributed by atoms with Crippen molar-refractivity contribution in [1.29, 1.82) is 0 Å². The van der Waals surface area contributed by atoms with Crippen molar-refractivity contribution in [3.05, 3.63) is 102 Å². The topological polar surface area (TPSA) is 9.23 Å². The molecule has 0 spiro atoms. The molecule has 0 atom stereocenters. The number of hydrogen-bond donors (Lipinski definition) is 0. The first kappa shape index (κ1) is 13.5. The van der Waals surface area contributed by atoms with Crippen LogP contribution in [0, 0.1) is 0 Å². The van der Waals surface area contributed by atoms with Crippen LogP contribution in [0.4, 0.5) is 0 Å². The summed E-state index contributed by atoms with van der Waals surface area (Å²) in [6, 6.07) is 29.3. The van der Waals surface area contributed by atoms with Crippen LogP contribution in [0.1, 0.15) is 16.7 Å². The standard InChI is InChI=1S/C20H16OS/c1-3-10-17(11-4-1)20(18-12-5-2-6-13-18)21-19-14-8-7-9-16(19)15-22-20/h1-14H,15H2. The summed E-state index contributed by atoms with van der Waals surface area (Å²) in [5, 5.41) is 0. The molecule has 0 bridgehead atoms. The minimum Gasteiger partial charge on any atom is -0.468 e. The Labute approximate surface area is 135 Å². The third-order valence-corrected chi connectivity index (χ3v) is 5.38. The minimum absolute atomic E-state index is 0.475. The molecule has 3 aromatic rings. The Morgan fingerprint density at radius 2 is 1.23 bits per heavy atom. The predicted molar refractivity (Wildman–Crippen MR) is 92.0 cm³/mol. The minimum atomic E-state index is -0.475. The summed E-state index contributed by atoms with van der Waals surface area (Å²) in [7, 11) is 0. The summed E-state index contributed by atoms with van der Waals surface area (Å²) in [4.78, 5) is -0.475. The highest BCUT2D eigenvalue weighted by Crippen LogP contribution is 2.50. The molecule has 4 rings (SSSR count). The Bertz CT molecular complexity index is 728. The van der Waals surface area contributed by atoms with Gasteiger partial charge >= 0.3 is 0 Å². The first-order chi connectivity index (χ1) is 10.9. The number of rotatable bonds is 2. The van der Waals surface area contributed by atoms with Crippen LogP contribution in [0.2, 0.25) is 0 Å². The van der Waals surface area contributed by atoms with Gasteiger partial charge in [0.2, 0.25) is 4.93 Å². The van der Waals surface area contributed by atoms with E-state index in [2.05, 4.69) is 66.7 Å². The van der Waals surface area contributed by atoms with Gasteiger partial charge in [-0.05, 0) is 6.07 Å². The Hall–Kier alpha value is -2.19. The fourth-order valence-electron chi connectivity index (χ4n) is 2.85. The molecule has 0 aromatic heterocycles. The number of para-hydroxylation sites is 1. The molecule has 1 aliphatic heterocycles. The van der Waals surface area contributed by atoms with Gasteiger partial charge in [-0.1, -0.05) is 78.9 Å². The van der Waals surface area contributed by atoms with Gasteiger partial charge in [0.15, 0.2) is 0 Å². The lowest BCUT2D eigenvalue weighted by Gasteiger charge is -2.38. The average molecular weight is 304 g/mol. The van der Waals surface area contributed by atoms with E-state index >= 15 is 0 Å². The Kier molecular flexibility index (Phi) is 3.39. The summed E-state index contributed by atoms with van der Waals surface area (Å²) in [5.74, 6) is 1.92. The molecule has 0 saturated carbocycles. The van der Waals surface area contributed by atoms with Crippen LogP contribution in [-0.2, 0) is 10.7 Å². The third kappa shape index (κ3) is 2.20. The maximum atomic E-state index is 6.55. The van der Waals surface area contributed by atoms with E-state index in [9.17, 15) is 0 Å². The van der Waals surface area contributed by atoms with Gasteiger partial charge in [0.1, 0.15) is 5.75 Å². The largest absolute Gasteiger partial charge is 0.468 e. The van der Waals surface area contributed by atoms with E-state index in [4.69, 9.17) is 4.74 Å². The van der Waals surface area contributed by atoms with E-state index < -0.39 is 4.93 Å². The van der Waals surface area contributed by atoms with Gasteiger partial charge in [-0.15, -0.1) is 11.8 Å². The van der Waals surface area contributed by atoms with E-state index in [1.165, 1.54) is 16.7 Å². The summed E-state index contributed by atoms with van der Waals surface area (Å²) in [6.07, 6.45) is 0. The molecule has 0 radical (unpaired) electrons. The van der Waals surface area contributed by atoms with Gasteiger partial charge < -0.3 is 4.74 Å². The first-order valence-electron chi connectivity index (χ1n) is 7.40. The van der Waals surface area contributed by atoms with Crippen LogP contribution in [0.15, 0.2) is 84.9 Å². The van der Waals surface area contributed by atoms with Crippen LogP contribution in [0.25, 0.3) is 0 Å². The van der Waals surface area contributed by atoms with Crippen LogP contribution in [0.5, 0.6) is 5.75 Å². The van der Waals surface area contributed by atoms with Crippen molar-refractivity contribution < 1.29 is 4.74 Å². The summed E-state index contributed by atoms with van der Waals surface area (Å²) in [6.45, 7) is 0.